The van der Waals surface area contributed by atoms with Gasteiger partial charge in [-0.3, -0.25) is 0 Å². The first kappa shape index (κ1) is 13.0. The van der Waals surface area contributed by atoms with Crippen LogP contribution in [0, 0.1) is 11.7 Å². The van der Waals surface area contributed by atoms with Gasteiger partial charge in [-0.15, -0.1) is 0 Å². The third kappa shape index (κ3) is 3.77. The molecule has 18 heavy (non-hydrogen) atoms. The highest BCUT2D eigenvalue weighted by Gasteiger charge is 2.05. The molecular formula is C13H16FN3S. The molecule has 2 rings (SSSR count). The molecule has 0 aliphatic carbocycles. The van der Waals surface area contributed by atoms with E-state index in [-0.39, 0.29) is 5.82 Å². The first-order chi connectivity index (χ1) is 8.63. The number of nitrogens with one attached hydrogen (secondary N) is 1. The Morgan fingerprint density at radius 3 is 2.67 bits per heavy atom. The number of benzene rings is 1. The number of hydrogen-bond acceptors (Lipinski definition) is 4. The minimum absolute atomic E-state index is 0.218. The Hall–Kier alpha value is -1.49. The minimum atomic E-state index is -0.218. The number of hydrogen-bond donors (Lipinski definition) is 1. The van der Waals surface area contributed by atoms with Gasteiger partial charge in [0.2, 0.25) is 5.13 Å². The normalized spacial score (nSPS) is 10.9. The highest BCUT2D eigenvalue weighted by atomic mass is 32.1. The third-order valence-electron chi connectivity index (χ3n) is 2.41. The van der Waals surface area contributed by atoms with Crippen molar-refractivity contribution >= 4 is 16.7 Å². The number of aromatic nitrogens is 2. The van der Waals surface area contributed by atoms with Gasteiger partial charge in [-0.25, -0.2) is 9.37 Å². The Bertz CT molecular complexity index is 493. The van der Waals surface area contributed by atoms with Gasteiger partial charge in [0.05, 0.1) is 0 Å². The lowest BCUT2D eigenvalue weighted by Crippen LogP contribution is -2.07. The smallest absolute Gasteiger partial charge is 0.202 e. The van der Waals surface area contributed by atoms with Crippen molar-refractivity contribution in [3.05, 3.63) is 41.5 Å². The third-order valence-corrected chi connectivity index (χ3v) is 3.12. The summed E-state index contributed by atoms with van der Waals surface area (Å²) >= 11 is 1.37. The highest BCUT2D eigenvalue weighted by Crippen LogP contribution is 2.14. The predicted molar refractivity (Wildman–Crippen MR) is 72.4 cm³/mol. The second-order valence-electron chi connectivity index (χ2n) is 4.59. The van der Waals surface area contributed by atoms with Crippen LogP contribution < -0.4 is 5.32 Å². The number of anilines is 1. The molecule has 96 valence electrons. The molecular weight excluding hydrogens is 249 g/mol. The number of halogens is 1. The van der Waals surface area contributed by atoms with E-state index in [1.165, 1.54) is 23.7 Å². The predicted octanol–water partition coefficient (Wildman–Crippen LogP) is 3.34. The van der Waals surface area contributed by atoms with Crippen LogP contribution in [0.15, 0.2) is 24.3 Å². The van der Waals surface area contributed by atoms with Gasteiger partial charge in [0.25, 0.3) is 0 Å². The topological polar surface area (TPSA) is 37.8 Å². The molecule has 0 unspecified atom stereocenters. The van der Waals surface area contributed by atoms with Gasteiger partial charge < -0.3 is 5.32 Å². The summed E-state index contributed by atoms with van der Waals surface area (Å²) < 4.78 is 17.1. The van der Waals surface area contributed by atoms with Gasteiger partial charge in [0.1, 0.15) is 11.6 Å². The van der Waals surface area contributed by atoms with Crippen LogP contribution in [0.2, 0.25) is 0 Å². The quantitative estimate of drug-likeness (QED) is 0.901. The van der Waals surface area contributed by atoms with Crippen LogP contribution in [0.4, 0.5) is 9.52 Å². The van der Waals surface area contributed by atoms with Crippen molar-refractivity contribution in [2.75, 3.05) is 11.9 Å². The molecule has 1 N–H and O–H groups in total. The molecule has 1 heterocycles. The van der Waals surface area contributed by atoms with Crippen molar-refractivity contribution in [1.29, 1.82) is 0 Å². The van der Waals surface area contributed by atoms with Crippen molar-refractivity contribution in [3.63, 3.8) is 0 Å². The molecule has 0 fully saturated rings. The molecule has 0 atom stereocenters. The molecule has 2 aromatic rings. The van der Waals surface area contributed by atoms with Crippen LogP contribution in [0.3, 0.4) is 0 Å². The second-order valence-corrected chi connectivity index (χ2v) is 5.35. The van der Waals surface area contributed by atoms with Crippen LogP contribution >= 0.6 is 11.5 Å². The zero-order valence-corrected chi connectivity index (χ0v) is 11.3. The molecule has 0 spiro atoms. The molecule has 1 aromatic heterocycles. The average molecular weight is 265 g/mol. The van der Waals surface area contributed by atoms with Crippen molar-refractivity contribution in [2.45, 2.75) is 20.3 Å². The fourth-order valence-electron chi connectivity index (χ4n) is 1.47. The summed E-state index contributed by atoms with van der Waals surface area (Å²) in [5, 5.41) is 4.09. The standard InChI is InChI=1S/C13H16FN3S/c1-9(2)8-15-13-16-12(17-18-13)7-10-3-5-11(14)6-4-10/h3-6,9H,7-8H2,1-2H3,(H,15,16,17). The van der Waals surface area contributed by atoms with E-state index in [0.29, 0.717) is 12.3 Å². The minimum Gasteiger partial charge on any atom is -0.360 e. The Kier molecular flexibility index (Phi) is 4.25. The van der Waals surface area contributed by atoms with Gasteiger partial charge in [0.15, 0.2) is 0 Å². The van der Waals surface area contributed by atoms with Gasteiger partial charge in [-0.05, 0) is 23.6 Å². The molecule has 0 aliphatic rings. The van der Waals surface area contributed by atoms with Crippen LogP contribution in [0.5, 0.6) is 0 Å². The van der Waals surface area contributed by atoms with Crippen molar-refractivity contribution in [2.24, 2.45) is 5.92 Å². The lowest BCUT2D eigenvalue weighted by molar-refractivity contribution is 0.627. The highest BCUT2D eigenvalue weighted by molar-refractivity contribution is 7.09. The van der Waals surface area contributed by atoms with Crippen LogP contribution in [-0.4, -0.2) is 15.9 Å². The summed E-state index contributed by atoms with van der Waals surface area (Å²) in [5.41, 5.74) is 1.02. The van der Waals surface area contributed by atoms with Crippen LogP contribution in [0.1, 0.15) is 25.2 Å². The van der Waals surface area contributed by atoms with Gasteiger partial charge in [-0.2, -0.15) is 4.37 Å². The SMILES string of the molecule is CC(C)CNc1nc(Cc2ccc(F)cc2)ns1. The Labute approximate surface area is 110 Å². The molecule has 0 bridgehead atoms. The monoisotopic (exact) mass is 265 g/mol. The van der Waals surface area contributed by atoms with E-state index >= 15 is 0 Å². The maximum Gasteiger partial charge on any atom is 0.202 e. The number of nitrogens with zero attached hydrogens (tertiary/aromatic N) is 2. The molecule has 1 aromatic carbocycles. The fraction of sp³-hybridized carbons (Fsp3) is 0.385. The van der Waals surface area contributed by atoms with Gasteiger partial charge in [-0.1, -0.05) is 26.0 Å². The van der Waals surface area contributed by atoms with E-state index < -0.39 is 0 Å². The Morgan fingerprint density at radius 1 is 1.28 bits per heavy atom. The summed E-state index contributed by atoms with van der Waals surface area (Å²) in [5.74, 6) is 1.14. The summed E-state index contributed by atoms with van der Waals surface area (Å²) in [6.45, 7) is 5.19. The van der Waals surface area contributed by atoms with E-state index in [9.17, 15) is 4.39 Å². The lowest BCUT2D eigenvalue weighted by atomic mass is 10.1. The van der Waals surface area contributed by atoms with Gasteiger partial charge in [0, 0.05) is 24.5 Å². The Morgan fingerprint density at radius 2 is 2.00 bits per heavy atom. The first-order valence-corrected chi connectivity index (χ1v) is 6.71. The van der Waals surface area contributed by atoms with E-state index in [1.807, 2.05) is 0 Å². The maximum absolute atomic E-state index is 12.8. The van der Waals surface area contributed by atoms with E-state index in [1.54, 1.807) is 12.1 Å². The zero-order valence-electron chi connectivity index (χ0n) is 10.5. The van der Waals surface area contributed by atoms with E-state index in [2.05, 4.69) is 28.5 Å². The van der Waals surface area contributed by atoms with Crippen molar-refractivity contribution in [3.8, 4) is 0 Å². The zero-order chi connectivity index (χ0) is 13.0. The Balaban J connectivity index is 1.95. The first-order valence-electron chi connectivity index (χ1n) is 5.94. The molecule has 0 saturated heterocycles. The molecule has 3 nitrogen and oxygen atoms in total. The van der Waals surface area contributed by atoms with Crippen molar-refractivity contribution in [1.82, 2.24) is 9.36 Å². The molecule has 0 saturated carbocycles. The molecule has 0 aliphatic heterocycles. The summed E-state index contributed by atoms with van der Waals surface area (Å²) in [7, 11) is 0. The van der Waals surface area contributed by atoms with E-state index in [0.717, 1.165) is 23.1 Å². The largest absolute Gasteiger partial charge is 0.360 e. The van der Waals surface area contributed by atoms with Crippen LogP contribution in [-0.2, 0) is 6.42 Å². The maximum atomic E-state index is 12.8. The summed E-state index contributed by atoms with van der Waals surface area (Å²) in [6.07, 6.45) is 0.639. The number of rotatable bonds is 5. The summed E-state index contributed by atoms with van der Waals surface area (Å²) in [6, 6.07) is 6.44. The molecule has 5 heteroatoms. The molecule has 0 amide bonds. The molecule has 0 radical (unpaired) electrons. The van der Waals surface area contributed by atoms with Crippen LogP contribution in [0.25, 0.3) is 0 Å². The lowest BCUT2D eigenvalue weighted by Gasteiger charge is -2.03. The van der Waals surface area contributed by atoms with Gasteiger partial charge >= 0.3 is 0 Å². The van der Waals surface area contributed by atoms with Crippen molar-refractivity contribution < 1.29 is 4.39 Å². The fourth-order valence-corrected chi connectivity index (χ4v) is 2.07. The summed E-state index contributed by atoms with van der Waals surface area (Å²) in [4.78, 5) is 4.40. The average Bonchev–Trinajstić information content (AvgIpc) is 2.77. The van der Waals surface area contributed by atoms with E-state index in [4.69, 9.17) is 0 Å². The second kappa shape index (κ2) is 5.91.